The molecule has 164 valence electrons. The molecule has 4 N–H and O–H groups in total. The highest BCUT2D eigenvalue weighted by molar-refractivity contribution is 6.32. The lowest BCUT2D eigenvalue weighted by molar-refractivity contribution is -0.231. The van der Waals surface area contributed by atoms with Crippen molar-refractivity contribution in [1.29, 1.82) is 0 Å². The van der Waals surface area contributed by atoms with Crippen LogP contribution in [0.2, 0.25) is 5.02 Å². The van der Waals surface area contributed by atoms with Crippen LogP contribution in [0, 0.1) is 11.3 Å². The summed E-state index contributed by atoms with van der Waals surface area (Å²) < 4.78 is 11.8. The third-order valence-electron chi connectivity index (χ3n) is 6.37. The van der Waals surface area contributed by atoms with Crippen LogP contribution in [0.25, 0.3) is 0 Å². The fraction of sp³-hybridized carbons (Fsp3) is 0.727. The summed E-state index contributed by atoms with van der Waals surface area (Å²) in [6.07, 6.45) is -1.76. The van der Waals surface area contributed by atoms with Crippen molar-refractivity contribution in [2.24, 2.45) is 11.3 Å². The number of hydrogen-bond acceptors (Lipinski definition) is 6. The van der Waals surface area contributed by atoms with E-state index in [2.05, 4.69) is 20.8 Å². The molecule has 1 aromatic carbocycles. The Morgan fingerprint density at radius 1 is 1.03 bits per heavy atom. The minimum absolute atomic E-state index is 0.0798. The molecule has 6 nitrogen and oxygen atoms in total. The quantitative estimate of drug-likeness (QED) is 0.588. The Balaban J connectivity index is 1.72. The number of rotatable bonds is 4. The summed E-state index contributed by atoms with van der Waals surface area (Å²) in [6.45, 7) is 6.37. The lowest BCUT2D eigenvalue weighted by Crippen LogP contribution is -2.55. The van der Waals surface area contributed by atoms with Gasteiger partial charge in [0.25, 0.3) is 0 Å². The third kappa shape index (κ3) is 5.06. The average molecular weight is 429 g/mol. The Labute approximate surface area is 177 Å². The van der Waals surface area contributed by atoms with E-state index in [1.807, 2.05) is 0 Å². The van der Waals surface area contributed by atoms with Gasteiger partial charge in [0.2, 0.25) is 0 Å². The van der Waals surface area contributed by atoms with Crippen LogP contribution in [0.3, 0.4) is 0 Å². The Morgan fingerprint density at radius 3 is 2.28 bits per heavy atom. The number of aliphatic hydroxyl groups is 4. The monoisotopic (exact) mass is 428 g/mol. The molecule has 1 aliphatic heterocycles. The average Bonchev–Trinajstić information content (AvgIpc) is 2.68. The van der Waals surface area contributed by atoms with Crippen LogP contribution >= 0.6 is 11.6 Å². The molecule has 2 aliphatic rings. The molecule has 1 aromatic rings. The number of benzene rings is 1. The minimum atomic E-state index is -1.42. The molecule has 1 saturated carbocycles. The SMILES string of the molecule is CC(C)(C)C1CCC(Oc2cc([C@@H]3O[C@H](CO)[C@@H](O)[C@H](O)[C@H]3O)ccc2Cl)CC1. The van der Waals surface area contributed by atoms with E-state index in [1.54, 1.807) is 18.2 Å². The first-order valence-electron chi connectivity index (χ1n) is 10.4. The van der Waals surface area contributed by atoms with Gasteiger partial charge in [-0.1, -0.05) is 38.4 Å². The lowest BCUT2D eigenvalue weighted by Gasteiger charge is -2.40. The van der Waals surface area contributed by atoms with E-state index in [0.29, 0.717) is 27.7 Å². The maximum absolute atomic E-state index is 10.4. The molecule has 0 spiro atoms. The van der Waals surface area contributed by atoms with Crippen LogP contribution in [-0.2, 0) is 4.74 Å². The fourth-order valence-electron chi connectivity index (χ4n) is 4.39. The summed E-state index contributed by atoms with van der Waals surface area (Å²) in [4.78, 5) is 0. The highest BCUT2D eigenvalue weighted by Crippen LogP contribution is 2.40. The molecule has 0 unspecified atom stereocenters. The molecule has 0 aromatic heterocycles. The van der Waals surface area contributed by atoms with Gasteiger partial charge in [0.05, 0.1) is 17.7 Å². The second-order valence-electron chi connectivity index (χ2n) is 9.40. The zero-order valence-corrected chi connectivity index (χ0v) is 18.0. The van der Waals surface area contributed by atoms with Gasteiger partial charge in [0, 0.05) is 0 Å². The summed E-state index contributed by atoms with van der Waals surface area (Å²) in [5.41, 5.74) is 0.871. The first kappa shape index (κ1) is 22.8. The molecule has 1 heterocycles. The first-order valence-corrected chi connectivity index (χ1v) is 10.8. The standard InChI is InChI=1S/C22H33ClO6/c1-22(2,3)13-5-7-14(8-6-13)28-16-10-12(4-9-15(16)23)21-20(27)19(26)18(25)17(11-24)29-21/h4,9-10,13-14,17-21,24-27H,5-8,11H2,1-3H3/t13?,14?,17-,18-,19+,20-,21+/m1/s1. The predicted octanol–water partition coefficient (Wildman–Crippen LogP) is 2.84. The second kappa shape index (κ2) is 9.08. The largest absolute Gasteiger partial charge is 0.489 e. The Kier molecular flexibility index (Phi) is 7.14. The van der Waals surface area contributed by atoms with Crippen molar-refractivity contribution in [2.75, 3.05) is 6.61 Å². The fourth-order valence-corrected chi connectivity index (χ4v) is 4.55. The van der Waals surface area contributed by atoms with Crippen molar-refractivity contribution < 1.29 is 29.9 Å². The summed E-state index contributed by atoms with van der Waals surface area (Å²) in [6, 6.07) is 5.08. The third-order valence-corrected chi connectivity index (χ3v) is 6.68. The van der Waals surface area contributed by atoms with Crippen molar-refractivity contribution >= 4 is 11.6 Å². The van der Waals surface area contributed by atoms with E-state index < -0.39 is 37.1 Å². The molecule has 5 atom stereocenters. The molecule has 0 amide bonds. The van der Waals surface area contributed by atoms with Crippen LogP contribution in [0.1, 0.15) is 58.1 Å². The predicted molar refractivity (Wildman–Crippen MR) is 110 cm³/mol. The minimum Gasteiger partial charge on any atom is -0.489 e. The molecule has 1 saturated heterocycles. The normalized spacial score (nSPS) is 36.1. The second-order valence-corrected chi connectivity index (χ2v) is 9.80. The first-order chi connectivity index (χ1) is 13.6. The van der Waals surface area contributed by atoms with E-state index in [9.17, 15) is 20.4 Å². The van der Waals surface area contributed by atoms with Gasteiger partial charge < -0.3 is 29.9 Å². The lowest BCUT2D eigenvalue weighted by atomic mass is 9.72. The molecule has 7 heteroatoms. The maximum atomic E-state index is 10.4. The van der Waals surface area contributed by atoms with Gasteiger partial charge in [-0.15, -0.1) is 0 Å². The van der Waals surface area contributed by atoms with Gasteiger partial charge in [-0.05, 0) is 54.7 Å². The van der Waals surface area contributed by atoms with Gasteiger partial charge in [-0.2, -0.15) is 0 Å². The molecular formula is C22H33ClO6. The Hall–Kier alpha value is -0.890. The zero-order valence-electron chi connectivity index (χ0n) is 17.3. The molecule has 3 rings (SSSR count). The molecule has 1 aliphatic carbocycles. The van der Waals surface area contributed by atoms with E-state index in [4.69, 9.17) is 21.1 Å². The van der Waals surface area contributed by atoms with E-state index in [0.717, 1.165) is 25.7 Å². The van der Waals surface area contributed by atoms with Crippen LogP contribution < -0.4 is 4.74 Å². The van der Waals surface area contributed by atoms with E-state index in [-0.39, 0.29) is 6.10 Å². The number of hydrogen-bond donors (Lipinski definition) is 4. The van der Waals surface area contributed by atoms with Gasteiger partial charge in [-0.25, -0.2) is 0 Å². The van der Waals surface area contributed by atoms with Crippen molar-refractivity contribution in [3.8, 4) is 5.75 Å². The summed E-state index contributed by atoms with van der Waals surface area (Å²) >= 11 is 6.34. The molecule has 2 fully saturated rings. The van der Waals surface area contributed by atoms with Gasteiger partial charge in [0.1, 0.15) is 36.3 Å². The van der Waals surface area contributed by atoms with Crippen molar-refractivity contribution in [3.63, 3.8) is 0 Å². The van der Waals surface area contributed by atoms with Crippen molar-refractivity contribution in [2.45, 2.75) is 83.1 Å². The van der Waals surface area contributed by atoms with Crippen molar-refractivity contribution in [3.05, 3.63) is 28.8 Å². The maximum Gasteiger partial charge on any atom is 0.138 e. The Bertz CT molecular complexity index is 680. The van der Waals surface area contributed by atoms with Crippen molar-refractivity contribution in [1.82, 2.24) is 0 Å². The van der Waals surface area contributed by atoms with Gasteiger partial charge >= 0.3 is 0 Å². The highest BCUT2D eigenvalue weighted by Gasteiger charge is 2.44. The van der Waals surface area contributed by atoms with Crippen LogP contribution in [-0.4, -0.2) is 57.6 Å². The molecular weight excluding hydrogens is 396 g/mol. The highest BCUT2D eigenvalue weighted by atomic mass is 35.5. The summed E-state index contributed by atoms with van der Waals surface area (Å²) in [5.74, 6) is 1.19. The van der Waals surface area contributed by atoms with E-state index >= 15 is 0 Å². The Morgan fingerprint density at radius 2 is 1.69 bits per heavy atom. The molecule has 29 heavy (non-hydrogen) atoms. The summed E-state index contributed by atoms with van der Waals surface area (Å²) in [5, 5.41) is 40.3. The van der Waals surface area contributed by atoms with Gasteiger partial charge in [-0.3, -0.25) is 0 Å². The number of aliphatic hydroxyl groups excluding tert-OH is 4. The van der Waals surface area contributed by atoms with Crippen LogP contribution in [0.5, 0.6) is 5.75 Å². The zero-order chi connectivity index (χ0) is 21.3. The van der Waals surface area contributed by atoms with E-state index in [1.165, 1.54) is 0 Å². The van der Waals surface area contributed by atoms with Crippen LogP contribution in [0.4, 0.5) is 0 Å². The van der Waals surface area contributed by atoms with Gasteiger partial charge in [0.15, 0.2) is 0 Å². The van der Waals surface area contributed by atoms with Crippen LogP contribution in [0.15, 0.2) is 18.2 Å². The number of ether oxygens (including phenoxy) is 2. The molecule has 0 radical (unpaired) electrons. The topological polar surface area (TPSA) is 99.4 Å². The summed E-state index contributed by atoms with van der Waals surface area (Å²) in [7, 11) is 0. The smallest absolute Gasteiger partial charge is 0.138 e. The number of halogens is 1. The molecule has 0 bridgehead atoms.